The predicted molar refractivity (Wildman–Crippen MR) is 61.4 cm³/mol. The van der Waals surface area contributed by atoms with Gasteiger partial charge in [0, 0.05) is 24.1 Å². The van der Waals surface area contributed by atoms with Crippen LogP contribution in [0.1, 0.15) is 17.2 Å². The van der Waals surface area contributed by atoms with E-state index in [1.54, 1.807) is 0 Å². The maximum atomic E-state index is 13.4. The molecule has 0 spiro atoms. The normalized spacial score (nSPS) is 12.5. The Morgan fingerprint density at radius 1 is 0.842 bits per heavy atom. The van der Waals surface area contributed by atoms with Crippen LogP contribution in [0.3, 0.4) is 0 Å². The van der Waals surface area contributed by atoms with Gasteiger partial charge in [-0.25, -0.2) is 17.6 Å². The molecule has 2 aromatic rings. The maximum absolute atomic E-state index is 13.4. The van der Waals surface area contributed by atoms with Crippen LogP contribution in [0.5, 0.6) is 0 Å². The Balaban J connectivity index is 2.23. The van der Waals surface area contributed by atoms with Crippen LogP contribution in [-0.4, -0.2) is 5.11 Å². The highest BCUT2D eigenvalue weighted by molar-refractivity contribution is 5.25. The summed E-state index contributed by atoms with van der Waals surface area (Å²) in [7, 11) is 0. The van der Waals surface area contributed by atoms with E-state index in [0.29, 0.717) is 12.1 Å². The summed E-state index contributed by atoms with van der Waals surface area (Å²) in [4.78, 5) is 0. The van der Waals surface area contributed by atoms with Crippen LogP contribution in [0.15, 0.2) is 36.4 Å². The predicted octanol–water partition coefficient (Wildman–Crippen LogP) is 3.52. The van der Waals surface area contributed by atoms with Crippen LogP contribution in [0, 0.1) is 23.3 Å². The number of aliphatic hydroxyl groups excluding tert-OH is 1. The molecular formula is C14H10F4O. The molecular weight excluding hydrogens is 260 g/mol. The van der Waals surface area contributed by atoms with Crippen LogP contribution in [0.2, 0.25) is 0 Å². The zero-order valence-corrected chi connectivity index (χ0v) is 9.71. The van der Waals surface area contributed by atoms with Gasteiger partial charge in [-0.15, -0.1) is 0 Å². The van der Waals surface area contributed by atoms with Crippen molar-refractivity contribution in [3.05, 3.63) is 70.8 Å². The standard InChI is InChI=1S/C14H10F4O/c15-9-2-1-8(12(17)6-9)5-14(19)11-4-3-10(16)7-13(11)18/h1-4,6-7,14,19H,5H2. The van der Waals surface area contributed by atoms with Crippen molar-refractivity contribution in [1.29, 1.82) is 0 Å². The number of benzene rings is 2. The summed E-state index contributed by atoms with van der Waals surface area (Å²) in [5, 5.41) is 9.82. The fourth-order valence-electron chi connectivity index (χ4n) is 1.78. The van der Waals surface area contributed by atoms with Gasteiger partial charge in [-0.2, -0.15) is 0 Å². The van der Waals surface area contributed by atoms with E-state index in [1.807, 2.05) is 0 Å². The molecule has 19 heavy (non-hydrogen) atoms. The third-order valence-corrected chi connectivity index (χ3v) is 2.75. The van der Waals surface area contributed by atoms with E-state index in [9.17, 15) is 22.7 Å². The van der Waals surface area contributed by atoms with Crippen molar-refractivity contribution in [2.24, 2.45) is 0 Å². The highest BCUT2D eigenvalue weighted by Gasteiger charge is 2.16. The molecule has 1 N–H and O–H groups in total. The van der Waals surface area contributed by atoms with Gasteiger partial charge in [-0.05, 0) is 17.7 Å². The minimum absolute atomic E-state index is 0.0534. The number of aliphatic hydroxyl groups is 1. The fraction of sp³-hybridized carbons (Fsp3) is 0.143. The van der Waals surface area contributed by atoms with Crippen LogP contribution in [0.25, 0.3) is 0 Å². The van der Waals surface area contributed by atoms with E-state index in [0.717, 1.165) is 18.2 Å². The number of hydrogen-bond acceptors (Lipinski definition) is 1. The minimum atomic E-state index is -1.33. The summed E-state index contributed by atoms with van der Waals surface area (Å²) in [6.45, 7) is 0. The van der Waals surface area contributed by atoms with Crippen LogP contribution >= 0.6 is 0 Å². The van der Waals surface area contributed by atoms with Gasteiger partial charge in [-0.1, -0.05) is 12.1 Å². The minimum Gasteiger partial charge on any atom is -0.388 e. The van der Waals surface area contributed by atoms with E-state index >= 15 is 0 Å². The van der Waals surface area contributed by atoms with Gasteiger partial charge in [0.25, 0.3) is 0 Å². The summed E-state index contributed by atoms with van der Waals surface area (Å²) in [6, 6.07) is 5.64. The Morgan fingerprint density at radius 3 is 2.00 bits per heavy atom. The summed E-state index contributed by atoms with van der Waals surface area (Å²) in [6.07, 6.45) is -1.56. The molecule has 0 saturated heterocycles. The smallest absolute Gasteiger partial charge is 0.131 e. The Morgan fingerprint density at radius 2 is 1.42 bits per heavy atom. The van der Waals surface area contributed by atoms with Crippen LogP contribution < -0.4 is 0 Å². The molecule has 0 saturated carbocycles. The first-order valence-electron chi connectivity index (χ1n) is 5.54. The van der Waals surface area contributed by atoms with Crippen molar-refractivity contribution in [1.82, 2.24) is 0 Å². The zero-order valence-electron chi connectivity index (χ0n) is 9.71. The average molecular weight is 270 g/mol. The summed E-state index contributed by atoms with van der Waals surface area (Å²) in [5.74, 6) is -3.22. The molecule has 1 unspecified atom stereocenters. The molecule has 0 radical (unpaired) electrons. The van der Waals surface area contributed by atoms with Crippen molar-refractivity contribution in [3.8, 4) is 0 Å². The number of hydrogen-bond donors (Lipinski definition) is 1. The second-order valence-corrected chi connectivity index (χ2v) is 4.12. The van der Waals surface area contributed by atoms with Crippen LogP contribution in [0.4, 0.5) is 17.6 Å². The van der Waals surface area contributed by atoms with Crippen LogP contribution in [-0.2, 0) is 6.42 Å². The Bertz CT molecular complexity index is 598. The van der Waals surface area contributed by atoms with E-state index < -0.39 is 29.4 Å². The monoisotopic (exact) mass is 270 g/mol. The second kappa shape index (κ2) is 5.40. The maximum Gasteiger partial charge on any atom is 0.131 e. The Hall–Kier alpha value is -1.88. The summed E-state index contributed by atoms with van der Waals surface area (Å²) in [5.41, 5.74) is -0.0808. The van der Waals surface area contributed by atoms with E-state index in [4.69, 9.17) is 0 Å². The van der Waals surface area contributed by atoms with Gasteiger partial charge in [0.2, 0.25) is 0 Å². The topological polar surface area (TPSA) is 20.2 Å². The number of halogens is 4. The van der Waals surface area contributed by atoms with Gasteiger partial charge in [-0.3, -0.25) is 0 Å². The van der Waals surface area contributed by atoms with E-state index in [2.05, 4.69) is 0 Å². The van der Waals surface area contributed by atoms with Gasteiger partial charge >= 0.3 is 0 Å². The average Bonchev–Trinajstić information content (AvgIpc) is 2.32. The molecule has 1 atom stereocenters. The third-order valence-electron chi connectivity index (χ3n) is 2.75. The molecule has 1 nitrogen and oxygen atoms in total. The molecule has 2 aromatic carbocycles. The first-order chi connectivity index (χ1) is 8.97. The van der Waals surface area contributed by atoms with Crippen molar-refractivity contribution in [3.63, 3.8) is 0 Å². The molecule has 0 aliphatic heterocycles. The summed E-state index contributed by atoms with van der Waals surface area (Å²) >= 11 is 0. The van der Waals surface area contributed by atoms with E-state index in [-0.39, 0.29) is 17.5 Å². The van der Waals surface area contributed by atoms with Gasteiger partial charge in [0.1, 0.15) is 23.3 Å². The summed E-state index contributed by atoms with van der Waals surface area (Å²) < 4.78 is 52.2. The lowest BCUT2D eigenvalue weighted by atomic mass is 10.0. The largest absolute Gasteiger partial charge is 0.388 e. The quantitative estimate of drug-likeness (QED) is 0.846. The molecule has 2 rings (SSSR count). The lowest BCUT2D eigenvalue weighted by Crippen LogP contribution is -2.06. The lowest BCUT2D eigenvalue weighted by molar-refractivity contribution is 0.172. The first-order valence-corrected chi connectivity index (χ1v) is 5.54. The second-order valence-electron chi connectivity index (χ2n) is 4.12. The molecule has 0 heterocycles. The van der Waals surface area contributed by atoms with Crippen molar-refractivity contribution >= 4 is 0 Å². The lowest BCUT2D eigenvalue weighted by Gasteiger charge is -2.12. The number of rotatable bonds is 3. The zero-order chi connectivity index (χ0) is 14.0. The van der Waals surface area contributed by atoms with Gasteiger partial charge in [0.05, 0.1) is 6.10 Å². The van der Waals surface area contributed by atoms with E-state index in [1.165, 1.54) is 6.07 Å². The first kappa shape index (κ1) is 13.5. The van der Waals surface area contributed by atoms with Gasteiger partial charge in [0.15, 0.2) is 0 Å². The Labute approximate surface area is 107 Å². The molecule has 0 amide bonds. The fourth-order valence-corrected chi connectivity index (χ4v) is 1.78. The molecule has 0 bridgehead atoms. The highest BCUT2D eigenvalue weighted by atomic mass is 19.1. The molecule has 5 heteroatoms. The van der Waals surface area contributed by atoms with Crippen molar-refractivity contribution < 1.29 is 22.7 Å². The Kier molecular flexibility index (Phi) is 3.85. The molecule has 0 aliphatic rings. The third kappa shape index (κ3) is 3.12. The molecule has 100 valence electrons. The molecule has 0 aliphatic carbocycles. The highest BCUT2D eigenvalue weighted by Crippen LogP contribution is 2.23. The van der Waals surface area contributed by atoms with Gasteiger partial charge < -0.3 is 5.11 Å². The van der Waals surface area contributed by atoms with Crippen molar-refractivity contribution in [2.45, 2.75) is 12.5 Å². The SMILES string of the molecule is OC(Cc1ccc(F)cc1F)c1ccc(F)cc1F. The molecule has 0 aromatic heterocycles. The van der Waals surface area contributed by atoms with Crippen molar-refractivity contribution in [2.75, 3.05) is 0 Å². The molecule has 0 fully saturated rings.